The lowest BCUT2D eigenvalue weighted by atomic mass is 9.71. The highest BCUT2D eigenvalue weighted by atomic mass is 16.5. The summed E-state index contributed by atoms with van der Waals surface area (Å²) >= 11 is 0. The van der Waals surface area contributed by atoms with E-state index < -0.39 is 11.2 Å². The molecular formula is C22H26O2. The van der Waals surface area contributed by atoms with E-state index in [0.29, 0.717) is 12.8 Å². The maximum Gasteiger partial charge on any atom is 0.105 e. The van der Waals surface area contributed by atoms with E-state index in [0.717, 1.165) is 11.1 Å². The summed E-state index contributed by atoms with van der Waals surface area (Å²) in [7, 11) is 1.76. The Bertz CT molecular complexity index is 682. The van der Waals surface area contributed by atoms with Gasteiger partial charge in [0, 0.05) is 13.0 Å². The van der Waals surface area contributed by atoms with Gasteiger partial charge in [0.05, 0.1) is 5.60 Å². The molecule has 24 heavy (non-hydrogen) atoms. The van der Waals surface area contributed by atoms with E-state index in [2.05, 4.69) is 37.8 Å². The predicted octanol–water partition coefficient (Wildman–Crippen LogP) is 4.66. The van der Waals surface area contributed by atoms with Crippen LogP contribution in [0.4, 0.5) is 0 Å². The van der Waals surface area contributed by atoms with Crippen LogP contribution >= 0.6 is 0 Å². The van der Waals surface area contributed by atoms with Gasteiger partial charge < -0.3 is 9.84 Å². The molecule has 0 aliphatic heterocycles. The zero-order chi connectivity index (χ0) is 17.2. The average molecular weight is 322 g/mol. The molecule has 2 heteroatoms. The second-order valence-electron chi connectivity index (χ2n) is 6.91. The van der Waals surface area contributed by atoms with Crippen LogP contribution in [0.5, 0.6) is 0 Å². The predicted molar refractivity (Wildman–Crippen MR) is 97.9 cm³/mol. The van der Waals surface area contributed by atoms with Crippen molar-refractivity contribution < 1.29 is 9.84 Å². The third-order valence-corrected chi connectivity index (χ3v) is 5.55. The molecule has 0 radical (unpaired) electrons. The summed E-state index contributed by atoms with van der Waals surface area (Å²) < 4.78 is 6.21. The number of benzene rings is 2. The molecule has 2 aromatic carbocycles. The van der Waals surface area contributed by atoms with Crippen molar-refractivity contribution >= 4 is 0 Å². The highest BCUT2D eigenvalue weighted by Crippen LogP contribution is 2.60. The third-order valence-electron chi connectivity index (χ3n) is 5.55. The summed E-state index contributed by atoms with van der Waals surface area (Å²) in [5, 5.41) is 11.6. The first-order valence-electron chi connectivity index (χ1n) is 8.57. The molecule has 1 fully saturated rings. The maximum atomic E-state index is 11.6. The van der Waals surface area contributed by atoms with Crippen molar-refractivity contribution in [1.82, 2.24) is 0 Å². The van der Waals surface area contributed by atoms with Crippen LogP contribution in [0.3, 0.4) is 0 Å². The van der Waals surface area contributed by atoms with Crippen molar-refractivity contribution in [2.45, 2.75) is 36.9 Å². The van der Waals surface area contributed by atoms with Gasteiger partial charge in [-0.3, -0.25) is 0 Å². The number of methoxy groups -OCH3 is 1. The second kappa shape index (κ2) is 6.54. The molecule has 1 aliphatic carbocycles. The SMILES string of the molecule is C=CC[C@@]1(O)C[C@H](C)[C@@](OC)(c2ccccc2)[C@@H]1c1ccccc1. The van der Waals surface area contributed by atoms with E-state index in [-0.39, 0.29) is 11.8 Å². The molecule has 0 spiro atoms. The zero-order valence-corrected chi connectivity index (χ0v) is 14.5. The Morgan fingerprint density at radius 3 is 2.25 bits per heavy atom. The lowest BCUT2D eigenvalue weighted by molar-refractivity contribution is -0.0796. The maximum absolute atomic E-state index is 11.6. The van der Waals surface area contributed by atoms with Crippen LogP contribution in [0.25, 0.3) is 0 Å². The summed E-state index contributed by atoms with van der Waals surface area (Å²) in [6.07, 6.45) is 3.05. The van der Waals surface area contributed by atoms with Gasteiger partial charge in [-0.25, -0.2) is 0 Å². The number of hydrogen-bond donors (Lipinski definition) is 1. The standard InChI is InChI=1S/C22H26O2/c1-4-15-21(23)16-17(2)22(24-3,19-13-9-6-10-14-19)20(21)18-11-7-5-8-12-18/h4-14,17,20,23H,1,15-16H2,2-3H3/t17-,20+,21+,22+/m0/s1. The monoisotopic (exact) mass is 322 g/mol. The molecular weight excluding hydrogens is 296 g/mol. The van der Waals surface area contributed by atoms with Crippen LogP contribution < -0.4 is 0 Å². The van der Waals surface area contributed by atoms with Gasteiger partial charge >= 0.3 is 0 Å². The number of hydrogen-bond acceptors (Lipinski definition) is 2. The van der Waals surface area contributed by atoms with Gasteiger partial charge in [0.2, 0.25) is 0 Å². The number of rotatable bonds is 5. The number of aliphatic hydroxyl groups is 1. The van der Waals surface area contributed by atoms with E-state index in [9.17, 15) is 5.11 Å². The molecule has 1 N–H and O–H groups in total. The van der Waals surface area contributed by atoms with E-state index >= 15 is 0 Å². The van der Waals surface area contributed by atoms with Crippen LogP contribution in [0.2, 0.25) is 0 Å². The van der Waals surface area contributed by atoms with Gasteiger partial charge in [-0.2, -0.15) is 0 Å². The highest BCUT2D eigenvalue weighted by Gasteiger charge is 2.61. The molecule has 0 unspecified atom stereocenters. The van der Waals surface area contributed by atoms with Gasteiger partial charge in [-0.15, -0.1) is 6.58 Å². The summed E-state index contributed by atoms with van der Waals surface area (Å²) in [4.78, 5) is 0. The van der Waals surface area contributed by atoms with Crippen LogP contribution in [0, 0.1) is 5.92 Å². The quantitative estimate of drug-likeness (QED) is 0.811. The first kappa shape index (κ1) is 16.9. The molecule has 1 saturated carbocycles. The Kier molecular flexibility index (Phi) is 4.62. The van der Waals surface area contributed by atoms with Crippen molar-refractivity contribution in [3.63, 3.8) is 0 Å². The van der Waals surface area contributed by atoms with Crippen LogP contribution in [0.1, 0.15) is 36.8 Å². The van der Waals surface area contributed by atoms with Crippen molar-refractivity contribution in [1.29, 1.82) is 0 Å². The number of ether oxygens (including phenoxy) is 1. The molecule has 126 valence electrons. The molecule has 3 rings (SSSR count). The van der Waals surface area contributed by atoms with Gasteiger partial charge in [-0.1, -0.05) is 73.7 Å². The fourth-order valence-corrected chi connectivity index (χ4v) is 4.72. The Hall–Kier alpha value is -1.90. The van der Waals surface area contributed by atoms with Crippen LogP contribution in [0.15, 0.2) is 73.3 Å². The van der Waals surface area contributed by atoms with Gasteiger partial charge in [0.15, 0.2) is 0 Å². The molecule has 0 bridgehead atoms. The molecule has 0 aromatic heterocycles. The van der Waals surface area contributed by atoms with E-state index in [1.165, 1.54) is 0 Å². The normalized spacial score (nSPS) is 32.6. The highest BCUT2D eigenvalue weighted by molar-refractivity contribution is 5.38. The summed E-state index contributed by atoms with van der Waals surface area (Å²) in [5.41, 5.74) is 0.806. The lowest BCUT2D eigenvalue weighted by Gasteiger charge is -2.42. The van der Waals surface area contributed by atoms with E-state index in [4.69, 9.17) is 4.74 Å². The minimum Gasteiger partial charge on any atom is -0.389 e. The second-order valence-corrected chi connectivity index (χ2v) is 6.91. The molecule has 0 saturated heterocycles. The van der Waals surface area contributed by atoms with Crippen molar-refractivity contribution in [3.8, 4) is 0 Å². The topological polar surface area (TPSA) is 29.5 Å². The van der Waals surface area contributed by atoms with E-state index in [1.807, 2.05) is 42.5 Å². The Morgan fingerprint density at radius 1 is 1.12 bits per heavy atom. The molecule has 4 atom stereocenters. The molecule has 0 heterocycles. The minimum atomic E-state index is -0.867. The molecule has 2 nitrogen and oxygen atoms in total. The van der Waals surface area contributed by atoms with Gasteiger partial charge in [-0.05, 0) is 29.9 Å². The molecule has 2 aromatic rings. The van der Waals surface area contributed by atoms with Crippen LogP contribution in [-0.2, 0) is 10.3 Å². The van der Waals surface area contributed by atoms with Gasteiger partial charge in [0.25, 0.3) is 0 Å². The van der Waals surface area contributed by atoms with Crippen molar-refractivity contribution in [2.24, 2.45) is 5.92 Å². The Labute approximate surface area is 144 Å². The summed E-state index contributed by atoms with van der Waals surface area (Å²) in [6.45, 7) is 6.04. The minimum absolute atomic E-state index is 0.147. The molecule has 0 amide bonds. The largest absolute Gasteiger partial charge is 0.389 e. The third kappa shape index (κ3) is 2.51. The average Bonchev–Trinajstić information content (AvgIpc) is 2.83. The van der Waals surface area contributed by atoms with Gasteiger partial charge in [0.1, 0.15) is 5.60 Å². The Balaban J connectivity index is 2.23. The molecule has 1 aliphatic rings. The first-order valence-corrected chi connectivity index (χ1v) is 8.57. The fraction of sp³-hybridized carbons (Fsp3) is 0.364. The van der Waals surface area contributed by atoms with Crippen LogP contribution in [-0.4, -0.2) is 17.8 Å². The summed E-state index contributed by atoms with van der Waals surface area (Å²) in [5.74, 6) is 0.0339. The van der Waals surface area contributed by atoms with Crippen molar-refractivity contribution in [3.05, 3.63) is 84.4 Å². The Morgan fingerprint density at radius 2 is 1.71 bits per heavy atom. The summed E-state index contributed by atoms with van der Waals surface area (Å²) in [6, 6.07) is 20.5. The lowest BCUT2D eigenvalue weighted by Crippen LogP contribution is -2.43. The smallest absolute Gasteiger partial charge is 0.105 e. The first-order chi connectivity index (χ1) is 11.6. The van der Waals surface area contributed by atoms with E-state index in [1.54, 1.807) is 7.11 Å². The fourth-order valence-electron chi connectivity index (χ4n) is 4.72. The zero-order valence-electron chi connectivity index (χ0n) is 14.5. The van der Waals surface area contributed by atoms with Crippen molar-refractivity contribution in [2.75, 3.05) is 7.11 Å².